The number of carbonyl (C=O) groups excluding carboxylic acids is 1. The fourth-order valence-corrected chi connectivity index (χ4v) is 3.44. The molecule has 0 amide bonds. The fourth-order valence-electron chi connectivity index (χ4n) is 3.16. The van der Waals surface area contributed by atoms with Gasteiger partial charge in [0.15, 0.2) is 0 Å². The van der Waals surface area contributed by atoms with Gasteiger partial charge < -0.3 is 4.74 Å². The molecule has 0 saturated heterocycles. The standard InChI is InChI=1S/C15H18ClNO4/c1-9-12(8-21-2)15(17(19)20)11(7-14(9)18)10-5-3-4-6-13(10)16/h3-6,9,11-12,15H,7-8H2,1-2H3/t9-,11-,12+,15-/m1/s1. The lowest BCUT2D eigenvalue weighted by molar-refractivity contribution is -0.540. The summed E-state index contributed by atoms with van der Waals surface area (Å²) in [6.07, 6.45) is 0.150. The van der Waals surface area contributed by atoms with Crippen LogP contribution in [-0.4, -0.2) is 30.5 Å². The predicted molar refractivity (Wildman–Crippen MR) is 79.1 cm³/mol. The second-order valence-corrected chi connectivity index (χ2v) is 5.89. The highest BCUT2D eigenvalue weighted by Crippen LogP contribution is 2.41. The van der Waals surface area contributed by atoms with Crippen LogP contribution in [0.3, 0.4) is 0 Å². The van der Waals surface area contributed by atoms with Crippen LogP contribution < -0.4 is 0 Å². The topological polar surface area (TPSA) is 69.4 Å². The van der Waals surface area contributed by atoms with Gasteiger partial charge >= 0.3 is 0 Å². The maximum absolute atomic E-state index is 12.2. The Balaban J connectivity index is 2.45. The van der Waals surface area contributed by atoms with E-state index in [1.807, 2.05) is 0 Å². The zero-order chi connectivity index (χ0) is 15.6. The molecule has 0 aromatic heterocycles. The number of Topliss-reactive ketones (excluding diaryl/α,β-unsaturated/α-hetero) is 1. The van der Waals surface area contributed by atoms with Crippen LogP contribution in [0.5, 0.6) is 0 Å². The molecule has 0 unspecified atom stereocenters. The molecule has 6 heteroatoms. The van der Waals surface area contributed by atoms with Crippen molar-refractivity contribution >= 4 is 17.4 Å². The van der Waals surface area contributed by atoms with E-state index in [1.165, 1.54) is 7.11 Å². The van der Waals surface area contributed by atoms with E-state index in [1.54, 1.807) is 31.2 Å². The van der Waals surface area contributed by atoms with Gasteiger partial charge in [0.05, 0.1) is 18.4 Å². The number of rotatable bonds is 4. The third-order valence-electron chi connectivity index (χ3n) is 4.33. The minimum absolute atomic E-state index is 0.0278. The van der Waals surface area contributed by atoms with Crippen LogP contribution in [0, 0.1) is 22.0 Å². The van der Waals surface area contributed by atoms with Crippen LogP contribution in [0.25, 0.3) is 0 Å². The summed E-state index contributed by atoms with van der Waals surface area (Å²) < 4.78 is 5.11. The smallest absolute Gasteiger partial charge is 0.226 e. The van der Waals surface area contributed by atoms with Gasteiger partial charge in [-0.1, -0.05) is 36.7 Å². The summed E-state index contributed by atoms with van der Waals surface area (Å²) in [6, 6.07) is 6.15. The highest BCUT2D eigenvalue weighted by molar-refractivity contribution is 6.31. The van der Waals surface area contributed by atoms with E-state index in [0.717, 1.165) is 0 Å². The number of methoxy groups -OCH3 is 1. The number of nitrogens with zero attached hydrogens (tertiary/aromatic N) is 1. The van der Waals surface area contributed by atoms with Crippen LogP contribution in [-0.2, 0) is 9.53 Å². The van der Waals surface area contributed by atoms with Crippen molar-refractivity contribution in [2.75, 3.05) is 13.7 Å². The zero-order valence-corrected chi connectivity index (χ0v) is 12.7. The lowest BCUT2D eigenvalue weighted by atomic mass is 9.68. The fraction of sp³-hybridized carbons (Fsp3) is 0.533. The Kier molecular flexibility index (Phi) is 4.96. The van der Waals surface area contributed by atoms with Crippen molar-refractivity contribution < 1.29 is 14.5 Å². The molecule has 0 aliphatic heterocycles. The summed E-state index contributed by atoms with van der Waals surface area (Å²) in [5.74, 6) is -1.29. The van der Waals surface area contributed by atoms with E-state index in [4.69, 9.17) is 16.3 Å². The highest BCUT2D eigenvalue weighted by Gasteiger charge is 2.50. The first kappa shape index (κ1) is 15.9. The van der Waals surface area contributed by atoms with Gasteiger partial charge in [-0.2, -0.15) is 0 Å². The molecule has 1 aromatic carbocycles. The maximum Gasteiger partial charge on any atom is 0.226 e. The van der Waals surface area contributed by atoms with Crippen LogP contribution in [0.15, 0.2) is 24.3 Å². The average Bonchev–Trinajstić information content (AvgIpc) is 2.44. The van der Waals surface area contributed by atoms with Crippen molar-refractivity contribution in [1.82, 2.24) is 0 Å². The quantitative estimate of drug-likeness (QED) is 0.633. The number of hydrogen-bond acceptors (Lipinski definition) is 4. The predicted octanol–water partition coefficient (Wildman–Crippen LogP) is 2.94. The summed E-state index contributed by atoms with van der Waals surface area (Å²) >= 11 is 6.17. The number of carbonyl (C=O) groups is 1. The molecule has 1 saturated carbocycles. The summed E-state index contributed by atoms with van der Waals surface area (Å²) in [5, 5.41) is 12.0. The summed E-state index contributed by atoms with van der Waals surface area (Å²) in [7, 11) is 1.49. The van der Waals surface area contributed by atoms with E-state index in [0.29, 0.717) is 10.6 Å². The number of hydrogen-bond donors (Lipinski definition) is 0. The molecule has 0 bridgehead atoms. The van der Waals surface area contributed by atoms with Crippen molar-refractivity contribution in [2.45, 2.75) is 25.3 Å². The highest BCUT2D eigenvalue weighted by atomic mass is 35.5. The first-order valence-electron chi connectivity index (χ1n) is 6.87. The van der Waals surface area contributed by atoms with Crippen LogP contribution in [0.1, 0.15) is 24.8 Å². The molecule has 1 aliphatic carbocycles. The Hall–Kier alpha value is -1.46. The zero-order valence-electron chi connectivity index (χ0n) is 12.0. The molecule has 5 nitrogen and oxygen atoms in total. The molecule has 0 heterocycles. The monoisotopic (exact) mass is 311 g/mol. The molecule has 21 heavy (non-hydrogen) atoms. The molecular weight excluding hydrogens is 294 g/mol. The van der Waals surface area contributed by atoms with Gasteiger partial charge in [0.25, 0.3) is 0 Å². The third-order valence-corrected chi connectivity index (χ3v) is 4.67. The first-order chi connectivity index (χ1) is 9.97. The van der Waals surface area contributed by atoms with Crippen LogP contribution in [0.2, 0.25) is 5.02 Å². The number of nitro groups is 1. The second kappa shape index (κ2) is 6.54. The van der Waals surface area contributed by atoms with Crippen molar-refractivity contribution in [1.29, 1.82) is 0 Å². The molecule has 1 aliphatic rings. The SMILES string of the molecule is COC[C@@H]1[C@H]([N+](=O)[O-])[C@@H](c2ccccc2Cl)CC(=O)[C@@H]1C. The van der Waals surface area contributed by atoms with Crippen LogP contribution >= 0.6 is 11.6 Å². The minimum Gasteiger partial charge on any atom is -0.384 e. The largest absolute Gasteiger partial charge is 0.384 e. The lowest BCUT2D eigenvalue weighted by Gasteiger charge is -2.35. The molecule has 2 rings (SSSR count). The Morgan fingerprint density at radius 1 is 1.43 bits per heavy atom. The molecule has 0 N–H and O–H groups in total. The summed E-state index contributed by atoms with van der Waals surface area (Å²) in [4.78, 5) is 23.5. The third kappa shape index (κ3) is 3.09. The van der Waals surface area contributed by atoms with Crippen molar-refractivity contribution in [3.8, 4) is 0 Å². The molecule has 1 fully saturated rings. The number of ketones is 1. The van der Waals surface area contributed by atoms with E-state index in [2.05, 4.69) is 0 Å². The van der Waals surface area contributed by atoms with Gasteiger partial charge in [-0.25, -0.2) is 0 Å². The maximum atomic E-state index is 12.2. The average molecular weight is 312 g/mol. The van der Waals surface area contributed by atoms with E-state index in [-0.39, 0.29) is 29.7 Å². The number of ether oxygens (including phenoxy) is 1. The molecule has 4 atom stereocenters. The van der Waals surface area contributed by atoms with Gasteiger partial charge in [0.1, 0.15) is 5.78 Å². The summed E-state index contributed by atoms with van der Waals surface area (Å²) in [5.41, 5.74) is 0.669. The van der Waals surface area contributed by atoms with E-state index < -0.39 is 17.9 Å². The van der Waals surface area contributed by atoms with Crippen molar-refractivity contribution in [2.24, 2.45) is 11.8 Å². The Morgan fingerprint density at radius 3 is 2.67 bits per heavy atom. The van der Waals surface area contributed by atoms with Crippen molar-refractivity contribution in [3.05, 3.63) is 45.0 Å². The second-order valence-electron chi connectivity index (χ2n) is 5.48. The van der Waals surface area contributed by atoms with Crippen molar-refractivity contribution in [3.63, 3.8) is 0 Å². The molecule has 114 valence electrons. The minimum atomic E-state index is -0.863. The van der Waals surface area contributed by atoms with Gasteiger partial charge in [0.2, 0.25) is 6.04 Å². The summed E-state index contributed by atoms with van der Waals surface area (Å²) in [6.45, 7) is 1.94. The Labute approximate surface area is 128 Å². The number of halogens is 1. The number of benzene rings is 1. The van der Waals surface area contributed by atoms with E-state index in [9.17, 15) is 14.9 Å². The first-order valence-corrected chi connectivity index (χ1v) is 7.24. The molecule has 0 radical (unpaired) electrons. The van der Waals surface area contributed by atoms with E-state index >= 15 is 0 Å². The molecule has 1 aromatic rings. The lowest BCUT2D eigenvalue weighted by Crippen LogP contribution is -2.48. The van der Waals surface area contributed by atoms with Gasteiger partial charge in [-0.15, -0.1) is 0 Å². The van der Waals surface area contributed by atoms with Gasteiger partial charge in [-0.3, -0.25) is 14.9 Å². The normalized spacial score (nSPS) is 29.4. The Bertz CT molecular complexity index is 548. The van der Waals surface area contributed by atoms with Gasteiger partial charge in [-0.05, 0) is 11.6 Å². The molecular formula is C15H18ClNO4. The Morgan fingerprint density at radius 2 is 2.10 bits per heavy atom. The van der Waals surface area contributed by atoms with Crippen LogP contribution in [0.4, 0.5) is 0 Å². The van der Waals surface area contributed by atoms with Gasteiger partial charge in [0, 0.05) is 29.4 Å². The molecule has 0 spiro atoms.